The Balaban J connectivity index is 1.59. The first kappa shape index (κ1) is 49.1. The maximum Gasteiger partial charge on any atom is 0.415 e. The minimum Gasteiger partial charge on any atom is -0.459 e. The first-order chi connectivity index (χ1) is 31.2. The molecule has 15 heteroatoms. The number of rotatable bonds is 22. The second-order valence-corrected chi connectivity index (χ2v) is 18.0. The van der Waals surface area contributed by atoms with E-state index in [0.717, 1.165) is 47.9 Å². The van der Waals surface area contributed by atoms with Crippen molar-refractivity contribution >= 4 is 17.5 Å². The second-order valence-electron chi connectivity index (χ2n) is 18.0. The highest BCUT2D eigenvalue weighted by Crippen LogP contribution is 2.62. The lowest BCUT2D eigenvalue weighted by Crippen LogP contribution is -2.70. The number of amides is 1. The van der Waals surface area contributed by atoms with Crippen LogP contribution in [0, 0.1) is 41.7 Å². The average Bonchev–Trinajstić information content (AvgIpc) is 3.27. The lowest BCUT2D eigenvalue weighted by molar-refractivity contribution is -0.384. The van der Waals surface area contributed by atoms with Gasteiger partial charge < -0.3 is 43.8 Å². The Morgan fingerprint density at radius 3 is 2.29 bits per heavy atom. The van der Waals surface area contributed by atoms with Crippen molar-refractivity contribution < 1.29 is 53.6 Å². The van der Waals surface area contributed by atoms with Crippen LogP contribution in [0.3, 0.4) is 0 Å². The van der Waals surface area contributed by atoms with E-state index in [1.54, 1.807) is 6.08 Å². The van der Waals surface area contributed by atoms with Gasteiger partial charge in [-0.25, -0.2) is 4.79 Å². The number of aliphatic hydroxyl groups is 3. The number of fused-ring (bicyclic) bond motifs is 2. The first-order valence-electron chi connectivity index (χ1n) is 22.7. The van der Waals surface area contributed by atoms with Crippen LogP contribution in [-0.2, 0) is 14.3 Å². The molecule has 1 saturated carbocycles. The number of oxime groups is 1. The summed E-state index contributed by atoms with van der Waals surface area (Å²) in [4.78, 5) is 33.4. The molecule has 352 valence electrons. The molecule has 65 heavy (non-hydrogen) atoms. The normalized spacial score (nSPS) is 22.8. The van der Waals surface area contributed by atoms with E-state index < -0.39 is 34.4 Å². The third kappa shape index (κ3) is 11.7. The minimum absolute atomic E-state index is 0.00958. The standard InChI is InChI=1S/C50H65N3O12/c1-7-26-61-50-45(52(22-27-60-28-25-56)48(57)63-37-18-15-36(16-19-37)53(58)59)32-43(51-65-49(4,5)6)41-30-35(12-8-10-23-54)40(13-9-11-24-55)46(47(41)50)42-31-39(20-21-44(42)64-50)62-38-17-14-33(2)34(3)29-38/h7,14-21,29-31,35,40,45-47,54-56H,1,8-13,22-28,32H2,2-6H3/t35-,40+,45-,46+,47+,50+/m0/s1. The summed E-state index contributed by atoms with van der Waals surface area (Å²) in [5, 5.41) is 45.9. The molecule has 3 aliphatic rings. The average molecular weight is 900 g/mol. The highest BCUT2D eigenvalue weighted by Gasteiger charge is 2.65. The van der Waals surface area contributed by atoms with Crippen LogP contribution in [0.2, 0.25) is 0 Å². The number of hydrogen-bond acceptors (Lipinski definition) is 13. The zero-order valence-corrected chi connectivity index (χ0v) is 38.3. The number of non-ortho nitro benzene ring substituents is 1. The minimum atomic E-state index is -1.59. The summed E-state index contributed by atoms with van der Waals surface area (Å²) in [5.74, 6) is -0.597. The number of allylic oxidation sites excluding steroid dienone is 1. The van der Waals surface area contributed by atoms with Gasteiger partial charge in [0.05, 0.1) is 43.0 Å². The number of aryl methyl sites for hydroxylation is 2. The third-order valence-corrected chi connectivity index (χ3v) is 12.4. The van der Waals surface area contributed by atoms with Crippen molar-refractivity contribution in [1.29, 1.82) is 0 Å². The maximum atomic E-state index is 14.8. The van der Waals surface area contributed by atoms with Crippen molar-refractivity contribution in [2.75, 3.05) is 46.2 Å². The molecule has 15 nitrogen and oxygen atoms in total. The molecular weight excluding hydrogens is 835 g/mol. The van der Waals surface area contributed by atoms with Crippen molar-refractivity contribution in [2.24, 2.45) is 22.9 Å². The SMILES string of the molecule is C=CCO[C@@]12Oc3ccc(Oc4ccc(C)c(C)c4)cc3[C@H]3[C@H](CCCCO)[C@@H](CCCCO)C=C(C(=NOC(C)(C)C)C[C@@H]1N(CCOCCO)C(=O)Oc1ccc([N+](=O)[O-])cc1)[C@H]32. The van der Waals surface area contributed by atoms with Gasteiger partial charge in [0.25, 0.3) is 5.69 Å². The Morgan fingerprint density at radius 2 is 1.63 bits per heavy atom. The summed E-state index contributed by atoms with van der Waals surface area (Å²) in [6, 6.07) is 16.1. The van der Waals surface area contributed by atoms with Crippen LogP contribution in [-0.4, -0.2) is 101 Å². The number of unbranched alkanes of at least 4 members (excludes halogenated alkanes) is 2. The Hall–Kier alpha value is -5.32. The molecule has 0 saturated heterocycles. The van der Waals surface area contributed by atoms with Gasteiger partial charge >= 0.3 is 6.09 Å². The molecule has 6 rings (SSSR count). The number of hydrogen-bond donors (Lipinski definition) is 3. The van der Waals surface area contributed by atoms with Gasteiger partial charge in [-0.3, -0.25) is 15.0 Å². The van der Waals surface area contributed by atoms with Crippen molar-refractivity contribution in [3.63, 3.8) is 0 Å². The molecule has 1 aliphatic heterocycles. The summed E-state index contributed by atoms with van der Waals surface area (Å²) >= 11 is 0. The van der Waals surface area contributed by atoms with Crippen LogP contribution in [0.15, 0.2) is 90.1 Å². The predicted molar refractivity (Wildman–Crippen MR) is 246 cm³/mol. The zero-order valence-electron chi connectivity index (χ0n) is 38.3. The Labute approximate surface area is 381 Å². The van der Waals surface area contributed by atoms with E-state index in [9.17, 15) is 30.2 Å². The Bertz CT molecular complexity index is 2170. The molecule has 3 aromatic rings. The predicted octanol–water partition coefficient (Wildman–Crippen LogP) is 8.95. The molecule has 6 atom stereocenters. The Morgan fingerprint density at radius 1 is 0.938 bits per heavy atom. The van der Waals surface area contributed by atoms with Crippen LogP contribution < -0.4 is 14.2 Å². The van der Waals surface area contributed by atoms with Crippen molar-refractivity contribution in [2.45, 2.75) is 103 Å². The lowest BCUT2D eigenvalue weighted by Gasteiger charge is -2.59. The van der Waals surface area contributed by atoms with E-state index >= 15 is 0 Å². The molecule has 1 heterocycles. The number of carbonyl (C=O) groups excluding carboxylic acids is 1. The molecule has 0 bridgehead atoms. The number of benzene rings is 3. The summed E-state index contributed by atoms with van der Waals surface area (Å²) in [5.41, 5.74) is 3.75. The largest absolute Gasteiger partial charge is 0.459 e. The molecule has 3 N–H and O–H groups in total. The van der Waals surface area contributed by atoms with Gasteiger partial charge in [-0.1, -0.05) is 36.2 Å². The molecule has 1 fully saturated rings. The third-order valence-electron chi connectivity index (χ3n) is 12.4. The van der Waals surface area contributed by atoms with E-state index in [-0.39, 0.29) is 81.8 Å². The van der Waals surface area contributed by atoms with E-state index in [4.69, 9.17) is 33.7 Å². The van der Waals surface area contributed by atoms with Gasteiger partial charge in [0.1, 0.15) is 34.6 Å². The summed E-state index contributed by atoms with van der Waals surface area (Å²) < 4.78 is 32.7. The fourth-order valence-electron chi connectivity index (χ4n) is 9.32. The number of nitro benzene ring substituents is 1. The van der Waals surface area contributed by atoms with Crippen LogP contribution in [0.5, 0.6) is 23.0 Å². The molecule has 2 aliphatic carbocycles. The van der Waals surface area contributed by atoms with Crippen LogP contribution in [0.4, 0.5) is 10.5 Å². The number of ether oxygens (including phenoxy) is 5. The zero-order chi connectivity index (χ0) is 46.7. The van der Waals surface area contributed by atoms with Crippen molar-refractivity contribution in [3.8, 4) is 23.0 Å². The number of carbonyl (C=O) groups is 1. The molecule has 3 aromatic carbocycles. The number of nitro groups is 1. The van der Waals surface area contributed by atoms with Crippen molar-refractivity contribution in [1.82, 2.24) is 4.90 Å². The van der Waals surface area contributed by atoms with Gasteiger partial charge in [-0.05, 0) is 131 Å². The molecule has 0 spiro atoms. The van der Waals surface area contributed by atoms with Crippen LogP contribution >= 0.6 is 0 Å². The summed E-state index contributed by atoms with van der Waals surface area (Å²) in [7, 11) is 0. The first-order valence-corrected chi connectivity index (χ1v) is 22.7. The molecule has 0 radical (unpaired) electrons. The lowest BCUT2D eigenvalue weighted by atomic mass is 9.55. The molecule has 0 unspecified atom stereocenters. The fourth-order valence-corrected chi connectivity index (χ4v) is 9.32. The van der Waals surface area contributed by atoms with Gasteiger partial charge in [0, 0.05) is 49.8 Å². The van der Waals surface area contributed by atoms with E-state index in [0.29, 0.717) is 35.8 Å². The molecule has 0 aromatic heterocycles. The summed E-state index contributed by atoms with van der Waals surface area (Å²) in [6.45, 7) is 13.8. The smallest absolute Gasteiger partial charge is 0.415 e. The highest BCUT2D eigenvalue weighted by atomic mass is 16.7. The van der Waals surface area contributed by atoms with Crippen LogP contribution in [0.25, 0.3) is 0 Å². The second kappa shape index (κ2) is 22.2. The maximum absolute atomic E-state index is 14.8. The number of nitrogens with zero attached hydrogens (tertiary/aromatic N) is 3. The van der Waals surface area contributed by atoms with Gasteiger partial charge in [0.15, 0.2) is 0 Å². The van der Waals surface area contributed by atoms with E-state index in [1.807, 2.05) is 64.1 Å². The monoisotopic (exact) mass is 899 g/mol. The quantitative estimate of drug-likeness (QED) is 0.0376. The van der Waals surface area contributed by atoms with Gasteiger partial charge in [-0.15, -0.1) is 6.58 Å². The fraction of sp³-hybridized carbons (Fsp3) is 0.520. The summed E-state index contributed by atoms with van der Waals surface area (Å²) in [6.07, 6.45) is 7.49. The number of aliphatic hydroxyl groups excluding tert-OH is 3. The van der Waals surface area contributed by atoms with Gasteiger partial charge in [-0.2, -0.15) is 0 Å². The highest BCUT2D eigenvalue weighted by molar-refractivity contribution is 6.03. The Kier molecular flexibility index (Phi) is 16.8. The molecule has 1 amide bonds. The van der Waals surface area contributed by atoms with Crippen LogP contribution in [0.1, 0.15) is 88.3 Å². The van der Waals surface area contributed by atoms with Gasteiger partial charge in [0.2, 0.25) is 5.79 Å². The van der Waals surface area contributed by atoms with E-state index in [1.165, 1.54) is 29.2 Å². The van der Waals surface area contributed by atoms with E-state index in [2.05, 4.69) is 19.6 Å². The van der Waals surface area contributed by atoms with Crippen molar-refractivity contribution in [3.05, 3.63) is 112 Å². The topological polar surface area (TPSA) is 192 Å². The molecular formula is C50H65N3O12.